The smallest absolute Gasteiger partial charge is 0.199 e. The number of aromatic nitrogens is 5. The molecule has 162 valence electrons. The number of pyridine rings is 1. The molecule has 0 spiro atoms. The van der Waals surface area contributed by atoms with Crippen molar-refractivity contribution in [1.29, 1.82) is 0 Å². The summed E-state index contributed by atoms with van der Waals surface area (Å²) in [6.07, 6.45) is 1.65. The highest BCUT2D eigenvalue weighted by Crippen LogP contribution is 2.36. The molecule has 0 saturated carbocycles. The lowest BCUT2D eigenvalue weighted by atomic mass is 10.0. The van der Waals surface area contributed by atoms with Gasteiger partial charge in [0, 0.05) is 19.6 Å². The molecule has 3 aromatic rings. The highest BCUT2D eigenvalue weighted by Gasteiger charge is 2.29. The maximum Gasteiger partial charge on any atom is 0.199 e. The normalized spacial score (nSPS) is 20.0. The Balaban J connectivity index is 1.81. The summed E-state index contributed by atoms with van der Waals surface area (Å²) in [5.41, 5.74) is 6.66. The number of imidazole rings is 1. The Morgan fingerprint density at radius 1 is 1.37 bits per heavy atom. The number of aryl methyl sites for hydroxylation is 1. The number of ether oxygens (including phenoxy) is 2. The van der Waals surface area contributed by atoms with Crippen LogP contribution in [0.25, 0.3) is 22.6 Å². The summed E-state index contributed by atoms with van der Waals surface area (Å²) in [6.45, 7) is 9.76. The van der Waals surface area contributed by atoms with Gasteiger partial charge in [0.15, 0.2) is 23.1 Å². The predicted octanol–water partition coefficient (Wildman–Crippen LogP) is 1.07. The number of morpholine rings is 1. The van der Waals surface area contributed by atoms with Gasteiger partial charge in [-0.2, -0.15) is 0 Å². The Morgan fingerprint density at radius 3 is 2.80 bits per heavy atom. The minimum Gasteiger partial charge on any atom is -0.487 e. The fourth-order valence-electron chi connectivity index (χ4n) is 3.66. The molecule has 0 bridgehead atoms. The Labute approximate surface area is 173 Å². The van der Waals surface area contributed by atoms with E-state index in [1.54, 1.807) is 20.0 Å². The Kier molecular flexibility index (Phi) is 5.35. The first kappa shape index (κ1) is 20.5. The third-order valence-corrected chi connectivity index (χ3v) is 5.01. The SMILES string of the molecule is CCn1c(-c2nonc2N)nc2c(C(C)(C)O)ncc(OC[C@@H]3CNCC(C)O3)c21. The van der Waals surface area contributed by atoms with E-state index in [1.807, 2.05) is 18.4 Å². The molecule has 0 aromatic carbocycles. The van der Waals surface area contributed by atoms with Gasteiger partial charge in [0.1, 0.15) is 29.3 Å². The second-order valence-electron chi connectivity index (χ2n) is 7.94. The highest BCUT2D eigenvalue weighted by atomic mass is 16.6. The molecule has 4 heterocycles. The molecule has 3 aromatic heterocycles. The van der Waals surface area contributed by atoms with Crippen LogP contribution < -0.4 is 15.8 Å². The summed E-state index contributed by atoms with van der Waals surface area (Å²) in [7, 11) is 0. The minimum absolute atomic E-state index is 0.0781. The maximum atomic E-state index is 10.6. The number of nitrogens with one attached hydrogen (secondary N) is 1. The highest BCUT2D eigenvalue weighted by molar-refractivity contribution is 5.88. The zero-order chi connectivity index (χ0) is 21.5. The number of anilines is 1. The van der Waals surface area contributed by atoms with Crippen LogP contribution >= 0.6 is 0 Å². The van der Waals surface area contributed by atoms with Crippen molar-refractivity contribution in [2.24, 2.45) is 0 Å². The van der Waals surface area contributed by atoms with Crippen molar-refractivity contribution < 1.29 is 19.2 Å². The largest absolute Gasteiger partial charge is 0.487 e. The van der Waals surface area contributed by atoms with Crippen LogP contribution in [-0.4, -0.2) is 61.9 Å². The molecule has 11 heteroatoms. The van der Waals surface area contributed by atoms with E-state index in [9.17, 15) is 5.11 Å². The fraction of sp³-hybridized carbons (Fsp3) is 0.579. The summed E-state index contributed by atoms with van der Waals surface area (Å²) in [5.74, 6) is 1.14. The molecule has 1 fully saturated rings. The monoisotopic (exact) mass is 417 g/mol. The lowest BCUT2D eigenvalue weighted by Gasteiger charge is -2.28. The third kappa shape index (κ3) is 3.71. The van der Waals surface area contributed by atoms with Crippen LogP contribution in [0.4, 0.5) is 5.82 Å². The van der Waals surface area contributed by atoms with Crippen molar-refractivity contribution in [3.05, 3.63) is 11.9 Å². The molecular weight excluding hydrogens is 390 g/mol. The minimum atomic E-state index is -1.21. The van der Waals surface area contributed by atoms with E-state index >= 15 is 0 Å². The third-order valence-electron chi connectivity index (χ3n) is 5.01. The van der Waals surface area contributed by atoms with Gasteiger partial charge in [0.05, 0.1) is 18.0 Å². The van der Waals surface area contributed by atoms with E-state index in [1.165, 1.54) is 0 Å². The molecule has 0 amide bonds. The van der Waals surface area contributed by atoms with Gasteiger partial charge in [-0.05, 0) is 38.0 Å². The zero-order valence-electron chi connectivity index (χ0n) is 17.5. The first-order valence-corrected chi connectivity index (χ1v) is 9.99. The average molecular weight is 417 g/mol. The van der Waals surface area contributed by atoms with Crippen LogP contribution in [0.3, 0.4) is 0 Å². The molecule has 1 aliphatic heterocycles. The van der Waals surface area contributed by atoms with Gasteiger partial charge < -0.3 is 30.2 Å². The van der Waals surface area contributed by atoms with Crippen molar-refractivity contribution in [2.75, 3.05) is 25.4 Å². The molecule has 4 rings (SSSR count). The summed E-state index contributed by atoms with van der Waals surface area (Å²) in [6, 6.07) is 0. The molecule has 2 atom stereocenters. The van der Waals surface area contributed by atoms with Gasteiger partial charge in [-0.25, -0.2) is 9.61 Å². The van der Waals surface area contributed by atoms with Crippen molar-refractivity contribution in [1.82, 2.24) is 30.2 Å². The number of aliphatic hydroxyl groups is 1. The van der Waals surface area contributed by atoms with E-state index in [2.05, 4.69) is 20.6 Å². The molecule has 1 aliphatic rings. The number of nitrogens with zero attached hydrogens (tertiary/aromatic N) is 5. The molecule has 0 radical (unpaired) electrons. The van der Waals surface area contributed by atoms with Crippen LogP contribution in [0.15, 0.2) is 10.8 Å². The molecular formula is C19H27N7O4. The molecule has 0 aliphatic carbocycles. The quantitative estimate of drug-likeness (QED) is 0.532. The van der Waals surface area contributed by atoms with Crippen LogP contribution in [0.2, 0.25) is 0 Å². The number of hydrogen-bond acceptors (Lipinski definition) is 10. The average Bonchev–Trinajstić information content (AvgIpc) is 3.28. The topological polar surface area (TPSA) is 146 Å². The van der Waals surface area contributed by atoms with Crippen molar-refractivity contribution in [2.45, 2.75) is 52.0 Å². The second kappa shape index (κ2) is 7.82. The van der Waals surface area contributed by atoms with Gasteiger partial charge >= 0.3 is 0 Å². The molecule has 1 saturated heterocycles. The van der Waals surface area contributed by atoms with E-state index < -0.39 is 5.60 Å². The summed E-state index contributed by atoms with van der Waals surface area (Å²) in [4.78, 5) is 9.15. The van der Waals surface area contributed by atoms with E-state index in [4.69, 9.17) is 24.8 Å². The first-order chi connectivity index (χ1) is 14.3. The van der Waals surface area contributed by atoms with Gasteiger partial charge in [0.25, 0.3) is 0 Å². The first-order valence-electron chi connectivity index (χ1n) is 9.99. The van der Waals surface area contributed by atoms with Crippen LogP contribution in [0, 0.1) is 0 Å². The lowest BCUT2D eigenvalue weighted by Crippen LogP contribution is -2.45. The molecule has 11 nitrogen and oxygen atoms in total. The Hall–Kier alpha value is -2.76. The van der Waals surface area contributed by atoms with Crippen molar-refractivity contribution in [3.8, 4) is 17.3 Å². The van der Waals surface area contributed by atoms with Crippen LogP contribution in [-0.2, 0) is 16.9 Å². The molecule has 1 unspecified atom stereocenters. The number of rotatable bonds is 6. The number of hydrogen-bond donors (Lipinski definition) is 3. The summed E-state index contributed by atoms with van der Waals surface area (Å²) < 4.78 is 18.7. The number of nitrogens with two attached hydrogens (primary N) is 1. The van der Waals surface area contributed by atoms with Crippen molar-refractivity contribution in [3.63, 3.8) is 0 Å². The summed E-state index contributed by atoms with van der Waals surface area (Å²) >= 11 is 0. The van der Waals surface area contributed by atoms with E-state index in [0.717, 1.165) is 6.54 Å². The van der Waals surface area contributed by atoms with Crippen LogP contribution in [0.5, 0.6) is 5.75 Å². The molecule has 30 heavy (non-hydrogen) atoms. The maximum absolute atomic E-state index is 10.6. The fourth-order valence-corrected chi connectivity index (χ4v) is 3.66. The van der Waals surface area contributed by atoms with E-state index in [0.29, 0.717) is 53.7 Å². The summed E-state index contributed by atoms with van der Waals surface area (Å²) in [5, 5.41) is 21.5. The molecule has 4 N–H and O–H groups in total. The van der Waals surface area contributed by atoms with Crippen LogP contribution in [0.1, 0.15) is 33.4 Å². The number of nitrogen functional groups attached to an aromatic ring is 1. The Bertz CT molecular complexity index is 1040. The Morgan fingerprint density at radius 2 is 2.17 bits per heavy atom. The van der Waals surface area contributed by atoms with Gasteiger partial charge in [-0.3, -0.25) is 4.98 Å². The van der Waals surface area contributed by atoms with E-state index in [-0.39, 0.29) is 18.0 Å². The van der Waals surface area contributed by atoms with Gasteiger partial charge in [-0.15, -0.1) is 0 Å². The van der Waals surface area contributed by atoms with Gasteiger partial charge in [0.2, 0.25) is 0 Å². The standard InChI is InChI=1S/C19H27N7O4/c1-5-26-15-12(28-9-11-7-21-6-10(2)29-11)8-22-16(19(3,4)27)13(15)23-18(26)14-17(20)25-30-24-14/h8,10-11,21,27H,5-7,9H2,1-4H3,(H2,20,25)/t10?,11-/m0/s1. The predicted molar refractivity (Wildman–Crippen MR) is 109 cm³/mol. The van der Waals surface area contributed by atoms with Gasteiger partial charge in [-0.1, -0.05) is 0 Å². The van der Waals surface area contributed by atoms with Crippen molar-refractivity contribution >= 4 is 16.9 Å². The lowest BCUT2D eigenvalue weighted by molar-refractivity contribution is -0.0469. The number of fused-ring (bicyclic) bond motifs is 1. The zero-order valence-corrected chi connectivity index (χ0v) is 17.5. The second-order valence-corrected chi connectivity index (χ2v) is 7.94.